The van der Waals surface area contributed by atoms with Gasteiger partial charge in [-0.3, -0.25) is 9.59 Å². The average molecular weight is 431 g/mol. The van der Waals surface area contributed by atoms with Gasteiger partial charge in [-0.15, -0.1) is 6.58 Å². The number of ether oxygens (including phenoxy) is 2. The molecule has 1 unspecified atom stereocenters. The summed E-state index contributed by atoms with van der Waals surface area (Å²) >= 11 is 5.97. The monoisotopic (exact) mass is 430 g/mol. The van der Waals surface area contributed by atoms with Crippen LogP contribution in [0.1, 0.15) is 18.1 Å². The Hall–Kier alpha value is -2.99. The summed E-state index contributed by atoms with van der Waals surface area (Å²) in [7, 11) is 3.10. The van der Waals surface area contributed by atoms with Gasteiger partial charge in [0.2, 0.25) is 11.8 Å². The summed E-state index contributed by atoms with van der Waals surface area (Å²) in [6.07, 6.45) is 1.71. The maximum absolute atomic E-state index is 13.2. The fourth-order valence-electron chi connectivity index (χ4n) is 2.96. The molecule has 0 aromatic heterocycles. The van der Waals surface area contributed by atoms with Gasteiger partial charge in [-0.05, 0) is 42.3 Å². The van der Waals surface area contributed by atoms with Gasteiger partial charge >= 0.3 is 0 Å². The fourth-order valence-corrected chi connectivity index (χ4v) is 3.08. The second-order valence-electron chi connectivity index (χ2n) is 6.72. The van der Waals surface area contributed by atoms with Crippen LogP contribution in [0.5, 0.6) is 11.5 Å². The van der Waals surface area contributed by atoms with E-state index in [2.05, 4.69) is 11.9 Å². The van der Waals surface area contributed by atoms with E-state index in [-0.39, 0.29) is 24.8 Å². The molecule has 2 amide bonds. The van der Waals surface area contributed by atoms with E-state index in [1.54, 1.807) is 56.4 Å². The van der Waals surface area contributed by atoms with Crippen molar-refractivity contribution in [1.82, 2.24) is 10.2 Å². The lowest BCUT2D eigenvalue weighted by atomic mass is 10.1. The van der Waals surface area contributed by atoms with Crippen LogP contribution < -0.4 is 14.8 Å². The van der Waals surface area contributed by atoms with Gasteiger partial charge in [-0.2, -0.15) is 0 Å². The maximum atomic E-state index is 13.2. The third kappa shape index (κ3) is 6.26. The number of rotatable bonds is 10. The Morgan fingerprint density at radius 2 is 1.73 bits per heavy atom. The van der Waals surface area contributed by atoms with Crippen molar-refractivity contribution in [3.63, 3.8) is 0 Å². The number of carbonyl (C=O) groups is 2. The van der Waals surface area contributed by atoms with E-state index >= 15 is 0 Å². The highest BCUT2D eigenvalue weighted by Crippen LogP contribution is 2.28. The molecule has 0 aliphatic heterocycles. The molecule has 0 saturated carbocycles. The molecule has 2 aromatic carbocycles. The summed E-state index contributed by atoms with van der Waals surface area (Å²) in [5, 5.41) is 3.36. The number of carbonyl (C=O) groups excluding carboxylic acids is 2. The number of methoxy groups -OCH3 is 2. The Balaban J connectivity index is 2.25. The number of hydrogen-bond donors (Lipinski definition) is 1. The van der Waals surface area contributed by atoms with Crippen molar-refractivity contribution in [2.75, 3.05) is 20.8 Å². The Kier molecular flexibility index (Phi) is 8.74. The molecule has 0 aliphatic carbocycles. The van der Waals surface area contributed by atoms with Crippen molar-refractivity contribution >= 4 is 23.4 Å². The number of hydrogen-bond acceptors (Lipinski definition) is 4. The van der Waals surface area contributed by atoms with Crippen LogP contribution >= 0.6 is 11.6 Å². The van der Waals surface area contributed by atoms with E-state index in [1.807, 2.05) is 18.2 Å². The van der Waals surface area contributed by atoms with Gasteiger partial charge in [-0.1, -0.05) is 35.9 Å². The second-order valence-corrected chi connectivity index (χ2v) is 7.16. The first-order valence-electron chi connectivity index (χ1n) is 9.53. The minimum absolute atomic E-state index is 0.118. The topological polar surface area (TPSA) is 67.9 Å². The molecule has 160 valence electrons. The number of amides is 2. The Labute approximate surface area is 182 Å². The molecule has 1 N–H and O–H groups in total. The zero-order chi connectivity index (χ0) is 22.1. The average Bonchev–Trinajstić information content (AvgIpc) is 2.76. The van der Waals surface area contributed by atoms with Crippen LogP contribution in [0.3, 0.4) is 0 Å². The van der Waals surface area contributed by atoms with E-state index in [9.17, 15) is 9.59 Å². The molecule has 0 heterocycles. The van der Waals surface area contributed by atoms with Gasteiger partial charge in [0.25, 0.3) is 0 Å². The normalized spacial score (nSPS) is 11.3. The SMILES string of the molecule is C=CCNC(=O)C(C)N(Cc1ccc(Cl)cc1)C(=O)Cc1ccc(OC)c(OC)c1. The minimum Gasteiger partial charge on any atom is -0.493 e. The predicted molar refractivity (Wildman–Crippen MR) is 118 cm³/mol. The van der Waals surface area contributed by atoms with Gasteiger partial charge in [0.1, 0.15) is 6.04 Å². The number of nitrogens with zero attached hydrogens (tertiary/aromatic N) is 1. The summed E-state index contributed by atoms with van der Waals surface area (Å²) in [5.74, 6) is 0.704. The van der Waals surface area contributed by atoms with Crippen molar-refractivity contribution < 1.29 is 19.1 Å². The summed E-state index contributed by atoms with van der Waals surface area (Å²) in [5.41, 5.74) is 1.64. The van der Waals surface area contributed by atoms with E-state index in [1.165, 1.54) is 0 Å². The molecule has 0 aliphatic rings. The van der Waals surface area contributed by atoms with Crippen molar-refractivity contribution in [2.45, 2.75) is 25.9 Å². The standard InChI is InChI=1S/C23H27ClN2O4/c1-5-12-25-23(28)16(2)26(15-17-6-9-19(24)10-7-17)22(27)14-18-8-11-20(29-3)21(13-18)30-4/h5-11,13,16H,1,12,14-15H2,2-4H3,(H,25,28). The third-order valence-electron chi connectivity index (χ3n) is 4.66. The highest BCUT2D eigenvalue weighted by atomic mass is 35.5. The van der Waals surface area contributed by atoms with Gasteiger partial charge in [0.05, 0.1) is 20.6 Å². The van der Waals surface area contributed by atoms with E-state index in [0.29, 0.717) is 23.1 Å². The molecule has 7 heteroatoms. The third-order valence-corrected chi connectivity index (χ3v) is 4.91. The van der Waals surface area contributed by atoms with Crippen LogP contribution in [-0.4, -0.2) is 43.5 Å². The number of nitrogens with one attached hydrogen (secondary N) is 1. The van der Waals surface area contributed by atoms with E-state index in [0.717, 1.165) is 11.1 Å². The van der Waals surface area contributed by atoms with Crippen LogP contribution in [0.4, 0.5) is 0 Å². The van der Waals surface area contributed by atoms with Crippen LogP contribution in [-0.2, 0) is 22.6 Å². The Morgan fingerprint density at radius 3 is 2.33 bits per heavy atom. The predicted octanol–water partition coefficient (Wildman–Crippen LogP) is 3.62. The van der Waals surface area contributed by atoms with Crippen molar-refractivity contribution in [3.8, 4) is 11.5 Å². The first-order valence-corrected chi connectivity index (χ1v) is 9.90. The fraction of sp³-hybridized carbons (Fsp3) is 0.304. The first kappa shape index (κ1) is 23.3. The van der Waals surface area contributed by atoms with Gasteiger partial charge < -0.3 is 19.7 Å². The summed E-state index contributed by atoms with van der Waals surface area (Å²) in [4.78, 5) is 27.3. The molecule has 2 aromatic rings. The highest BCUT2D eigenvalue weighted by Gasteiger charge is 2.26. The van der Waals surface area contributed by atoms with Crippen molar-refractivity contribution in [2.24, 2.45) is 0 Å². The summed E-state index contributed by atoms with van der Waals surface area (Å²) < 4.78 is 10.6. The van der Waals surface area contributed by atoms with Crippen LogP contribution in [0, 0.1) is 0 Å². The summed E-state index contributed by atoms with van der Waals surface area (Å²) in [6.45, 7) is 5.93. The molecule has 2 rings (SSSR count). The largest absolute Gasteiger partial charge is 0.493 e. The second kappa shape index (κ2) is 11.3. The zero-order valence-corrected chi connectivity index (χ0v) is 18.2. The van der Waals surface area contributed by atoms with Gasteiger partial charge in [0, 0.05) is 18.1 Å². The molecule has 30 heavy (non-hydrogen) atoms. The highest BCUT2D eigenvalue weighted by molar-refractivity contribution is 6.30. The first-order chi connectivity index (χ1) is 14.4. The molecule has 1 atom stereocenters. The lowest BCUT2D eigenvalue weighted by molar-refractivity contribution is -0.140. The maximum Gasteiger partial charge on any atom is 0.242 e. The molecule has 0 bridgehead atoms. The number of halogens is 1. The zero-order valence-electron chi connectivity index (χ0n) is 17.5. The van der Waals surface area contributed by atoms with E-state index < -0.39 is 6.04 Å². The van der Waals surface area contributed by atoms with Gasteiger partial charge in [-0.25, -0.2) is 0 Å². The van der Waals surface area contributed by atoms with Gasteiger partial charge in [0.15, 0.2) is 11.5 Å². The summed E-state index contributed by atoms with van der Waals surface area (Å²) in [6, 6.07) is 11.9. The van der Waals surface area contributed by atoms with Crippen LogP contribution in [0.25, 0.3) is 0 Å². The Bertz CT molecular complexity index is 883. The van der Waals surface area contributed by atoms with Crippen LogP contribution in [0.15, 0.2) is 55.1 Å². The number of benzene rings is 2. The Morgan fingerprint density at radius 1 is 1.10 bits per heavy atom. The van der Waals surface area contributed by atoms with Crippen molar-refractivity contribution in [3.05, 3.63) is 71.3 Å². The van der Waals surface area contributed by atoms with E-state index in [4.69, 9.17) is 21.1 Å². The van der Waals surface area contributed by atoms with Crippen molar-refractivity contribution in [1.29, 1.82) is 0 Å². The molecule has 0 spiro atoms. The van der Waals surface area contributed by atoms with Crippen LogP contribution in [0.2, 0.25) is 5.02 Å². The molecular weight excluding hydrogens is 404 g/mol. The molecular formula is C23H27ClN2O4. The molecule has 0 radical (unpaired) electrons. The molecule has 0 fully saturated rings. The lowest BCUT2D eigenvalue weighted by Gasteiger charge is -2.29. The lowest BCUT2D eigenvalue weighted by Crippen LogP contribution is -2.48. The molecule has 0 saturated heterocycles. The smallest absolute Gasteiger partial charge is 0.242 e. The molecule has 6 nitrogen and oxygen atoms in total. The minimum atomic E-state index is -0.659. The quantitative estimate of drug-likeness (QED) is 0.584.